The largest absolute Gasteiger partial charge is 0.496 e. The molecule has 0 heterocycles. The molecule has 17 heavy (non-hydrogen) atoms. The minimum atomic E-state index is -0.0111. The number of hydrogen-bond donors (Lipinski definition) is 1. The second-order valence-electron chi connectivity index (χ2n) is 4.19. The van der Waals surface area contributed by atoms with E-state index in [1.54, 1.807) is 19.2 Å². The maximum Gasteiger partial charge on any atom is 0.164 e. The number of hydrogen-bond acceptors (Lipinski definition) is 3. The number of carbonyl (C=O) groups excluding carboxylic acids is 1. The lowest BCUT2D eigenvalue weighted by molar-refractivity contribution is 0.0985. The van der Waals surface area contributed by atoms with Gasteiger partial charge in [0, 0.05) is 22.6 Å². The van der Waals surface area contributed by atoms with Crippen LogP contribution in [-0.4, -0.2) is 19.4 Å². The third-order valence-electron chi connectivity index (χ3n) is 2.58. The van der Waals surface area contributed by atoms with Gasteiger partial charge in [-0.1, -0.05) is 25.4 Å². The first-order valence-corrected chi connectivity index (χ1v) is 5.99. The molecule has 0 aliphatic rings. The van der Waals surface area contributed by atoms with Gasteiger partial charge >= 0.3 is 0 Å². The zero-order valence-electron chi connectivity index (χ0n) is 10.4. The van der Waals surface area contributed by atoms with E-state index in [1.165, 1.54) is 0 Å². The Kier molecular flexibility index (Phi) is 4.97. The van der Waals surface area contributed by atoms with E-state index in [9.17, 15) is 4.79 Å². The lowest BCUT2D eigenvalue weighted by Gasteiger charge is -2.15. The summed E-state index contributed by atoms with van der Waals surface area (Å²) in [5.41, 5.74) is 6.85. The monoisotopic (exact) mass is 255 g/mol. The van der Waals surface area contributed by atoms with E-state index in [4.69, 9.17) is 22.1 Å². The summed E-state index contributed by atoms with van der Waals surface area (Å²) in [5.74, 6) is 0.895. The van der Waals surface area contributed by atoms with Crippen molar-refractivity contribution in [2.45, 2.75) is 26.2 Å². The van der Waals surface area contributed by atoms with E-state index in [0.29, 0.717) is 29.3 Å². The van der Waals surface area contributed by atoms with Gasteiger partial charge in [0.2, 0.25) is 0 Å². The van der Waals surface area contributed by atoms with Crippen LogP contribution in [0.3, 0.4) is 0 Å². The Morgan fingerprint density at radius 3 is 2.59 bits per heavy atom. The highest BCUT2D eigenvalue weighted by molar-refractivity contribution is 6.32. The summed E-state index contributed by atoms with van der Waals surface area (Å²) in [5, 5.41) is 0.569. The molecule has 0 atom stereocenters. The lowest BCUT2D eigenvalue weighted by Crippen LogP contribution is -2.09. The number of nitrogens with two attached hydrogens (primary N) is 1. The van der Waals surface area contributed by atoms with Crippen LogP contribution in [0.5, 0.6) is 5.75 Å². The van der Waals surface area contributed by atoms with Gasteiger partial charge in [-0.05, 0) is 24.6 Å². The molecular weight excluding hydrogens is 238 g/mol. The predicted octanol–water partition coefficient (Wildman–Crippen LogP) is 3.00. The number of ether oxygens (including phenoxy) is 1. The van der Waals surface area contributed by atoms with Crippen molar-refractivity contribution in [2.24, 2.45) is 5.73 Å². The minimum Gasteiger partial charge on any atom is -0.496 e. The maximum atomic E-state index is 11.8. The molecule has 0 unspecified atom stereocenters. The molecule has 0 saturated carbocycles. The number of ketones is 1. The highest BCUT2D eigenvalue weighted by atomic mass is 35.5. The van der Waals surface area contributed by atoms with Crippen LogP contribution < -0.4 is 10.5 Å². The number of Topliss-reactive ketones (excluding diaryl/α,β-unsaturated/α-hetero) is 1. The SMILES string of the molecule is COc1cc(C(=O)CCN)cc(Cl)c1C(C)C. The third-order valence-corrected chi connectivity index (χ3v) is 2.89. The summed E-state index contributed by atoms with van der Waals surface area (Å²) < 4.78 is 5.29. The average molecular weight is 256 g/mol. The predicted molar refractivity (Wildman–Crippen MR) is 70.1 cm³/mol. The highest BCUT2D eigenvalue weighted by Gasteiger charge is 2.16. The Hall–Kier alpha value is -1.06. The van der Waals surface area contributed by atoms with Crippen molar-refractivity contribution < 1.29 is 9.53 Å². The van der Waals surface area contributed by atoms with E-state index < -0.39 is 0 Å². The first-order chi connectivity index (χ1) is 8.01. The number of rotatable bonds is 5. The molecule has 2 N–H and O–H groups in total. The molecular formula is C13H18ClNO2. The van der Waals surface area contributed by atoms with Crippen molar-refractivity contribution in [2.75, 3.05) is 13.7 Å². The van der Waals surface area contributed by atoms with Gasteiger partial charge in [-0.3, -0.25) is 4.79 Å². The van der Waals surface area contributed by atoms with Gasteiger partial charge in [0.25, 0.3) is 0 Å². The fraction of sp³-hybridized carbons (Fsp3) is 0.462. The van der Waals surface area contributed by atoms with Crippen molar-refractivity contribution in [3.8, 4) is 5.75 Å². The van der Waals surface area contributed by atoms with Crippen LogP contribution in [0, 0.1) is 0 Å². The summed E-state index contributed by atoms with van der Waals surface area (Å²) in [6.07, 6.45) is 0.320. The molecule has 1 aromatic rings. The molecule has 3 nitrogen and oxygen atoms in total. The third kappa shape index (κ3) is 3.20. The zero-order valence-corrected chi connectivity index (χ0v) is 11.2. The standard InChI is InChI=1S/C13H18ClNO2/c1-8(2)13-10(14)6-9(7-12(13)17-3)11(16)4-5-15/h6-8H,4-5,15H2,1-3H3. The number of carbonyl (C=O) groups is 1. The molecule has 1 rings (SSSR count). The molecule has 0 amide bonds. The molecule has 0 aliphatic heterocycles. The molecule has 0 radical (unpaired) electrons. The van der Waals surface area contributed by atoms with Gasteiger partial charge in [-0.25, -0.2) is 0 Å². The average Bonchev–Trinajstić information content (AvgIpc) is 2.27. The Balaban J connectivity index is 3.22. The maximum absolute atomic E-state index is 11.8. The van der Waals surface area contributed by atoms with Gasteiger partial charge < -0.3 is 10.5 Å². The summed E-state index contributed by atoms with van der Waals surface area (Å²) >= 11 is 6.19. The molecule has 0 saturated heterocycles. The van der Waals surface area contributed by atoms with Crippen LogP contribution in [0.25, 0.3) is 0 Å². The molecule has 0 bridgehead atoms. The van der Waals surface area contributed by atoms with Crippen molar-refractivity contribution in [1.82, 2.24) is 0 Å². The molecule has 4 heteroatoms. The fourth-order valence-electron chi connectivity index (χ4n) is 1.76. The number of methoxy groups -OCH3 is 1. The van der Waals surface area contributed by atoms with Crippen LogP contribution in [-0.2, 0) is 0 Å². The molecule has 0 fully saturated rings. The fourth-order valence-corrected chi connectivity index (χ4v) is 2.19. The quantitative estimate of drug-likeness (QED) is 0.823. The van der Waals surface area contributed by atoms with Gasteiger partial charge in [-0.15, -0.1) is 0 Å². The highest BCUT2D eigenvalue weighted by Crippen LogP contribution is 2.34. The minimum absolute atomic E-state index is 0.0111. The van der Waals surface area contributed by atoms with E-state index in [-0.39, 0.29) is 11.7 Å². The van der Waals surface area contributed by atoms with Gasteiger partial charge in [0.15, 0.2) is 5.78 Å². The zero-order chi connectivity index (χ0) is 13.0. The summed E-state index contributed by atoms with van der Waals surface area (Å²) in [6.45, 7) is 4.40. The van der Waals surface area contributed by atoms with Gasteiger partial charge in [0.05, 0.1) is 7.11 Å². The first-order valence-electron chi connectivity index (χ1n) is 5.62. The van der Waals surface area contributed by atoms with Crippen molar-refractivity contribution in [1.29, 1.82) is 0 Å². The Labute approximate surface area is 107 Å². The Bertz CT molecular complexity index is 416. The number of halogens is 1. The van der Waals surface area contributed by atoms with Crippen molar-refractivity contribution in [3.63, 3.8) is 0 Å². The van der Waals surface area contributed by atoms with Crippen LogP contribution in [0.4, 0.5) is 0 Å². The molecule has 0 spiro atoms. The first kappa shape index (κ1) is 14.0. The topological polar surface area (TPSA) is 52.3 Å². The molecule has 0 aliphatic carbocycles. The molecule has 1 aromatic carbocycles. The van der Waals surface area contributed by atoms with Gasteiger partial charge in [0.1, 0.15) is 5.75 Å². The second kappa shape index (κ2) is 6.03. The van der Waals surface area contributed by atoms with Crippen molar-refractivity contribution in [3.05, 3.63) is 28.3 Å². The summed E-state index contributed by atoms with van der Waals surface area (Å²) in [6, 6.07) is 3.43. The number of benzene rings is 1. The van der Waals surface area contributed by atoms with Crippen molar-refractivity contribution >= 4 is 17.4 Å². The van der Waals surface area contributed by atoms with Crippen LogP contribution in [0.1, 0.15) is 42.1 Å². The van der Waals surface area contributed by atoms with E-state index in [1.807, 2.05) is 13.8 Å². The van der Waals surface area contributed by atoms with Crippen LogP contribution in [0.2, 0.25) is 5.02 Å². The second-order valence-corrected chi connectivity index (χ2v) is 4.60. The summed E-state index contributed by atoms with van der Waals surface area (Å²) in [7, 11) is 1.58. The lowest BCUT2D eigenvalue weighted by atomic mass is 9.98. The van der Waals surface area contributed by atoms with E-state index in [2.05, 4.69) is 0 Å². The van der Waals surface area contributed by atoms with E-state index in [0.717, 1.165) is 5.56 Å². The summed E-state index contributed by atoms with van der Waals surface area (Å²) in [4.78, 5) is 11.8. The molecule has 94 valence electrons. The van der Waals surface area contributed by atoms with Crippen LogP contribution >= 0.6 is 11.6 Å². The smallest absolute Gasteiger partial charge is 0.164 e. The van der Waals surface area contributed by atoms with E-state index >= 15 is 0 Å². The normalized spacial score (nSPS) is 10.7. The Morgan fingerprint density at radius 1 is 1.47 bits per heavy atom. The molecule has 0 aromatic heterocycles. The van der Waals surface area contributed by atoms with Gasteiger partial charge in [-0.2, -0.15) is 0 Å². The van der Waals surface area contributed by atoms with Crippen LogP contribution in [0.15, 0.2) is 12.1 Å². The Morgan fingerprint density at radius 2 is 2.12 bits per heavy atom.